The average molecular weight is 855 g/mol. The molecular weight excluding hydrogens is 817 g/mol. The molecule has 4 heteroatoms. The number of nitrogens with zero attached hydrogens (tertiary/aromatic N) is 2. The summed E-state index contributed by atoms with van der Waals surface area (Å²) in [7, 11) is 0. The first-order valence-electron chi connectivity index (χ1n) is 23.0. The van der Waals surface area contributed by atoms with Crippen LogP contribution in [-0.4, -0.2) is 4.57 Å². The maximum Gasteiger partial charge on any atom is 0.137 e. The van der Waals surface area contributed by atoms with Gasteiger partial charge in [0.2, 0.25) is 0 Å². The number of anilines is 3. The van der Waals surface area contributed by atoms with Crippen LogP contribution < -0.4 is 9.64 Å². The topological polar surface area (TPSA) is 30.5 Å². The van der Waals surface area contributed by atoms with Crippen molar-refractivity contribution in [3.8, 4) is 28.3 Å². The minimum atomic E-state index is -0.680. The molecule has 0 fully saturated rings. The summed E-state index contributed by atoms with van der Waals surface area (Å²) in [6.45, 7) is 0. The summed E-state index contributed by atoms with van der Waals surface area (Å²) in [4.78, 5) is 2.47. The molecule has 312 valence electrons. The fraction of sp³-hybridized carbons (Fsp3) is 0.0159. The van der Waals surface area contributed by atoms with Crippen LogP contribution >= 0.6 is 0 Å². The van der Waals surface area contributed by atoms with Gasteiger partial charge in [-0.1, -0.05) is 158 Å². The van der Waals surface area contributed by atoms with Gasteiger partial charge in [-0.05, 0) is 105 Å². The molecule has 0 N–H and O–H groups in total. The minimum absolute atomic E-state index is 0.680. The van der Waals surface area contributed by atoms with Crippen LogP contribution in [0.15, 0.2) is 235 Å². The first kappa shape index (κ1) is 36.5. The van der Waals surface area contributed by atoms with Gasteiger partial charge in [-0.25, -0.2) is 0 Å². The van der Waals surface area contributed by atoms with Crippen molar-refractivity contribution in [2.24, 2.45) is 0 Å². The van der Waals surface area contributed by atoms with Crippen LogP contribution in [0.25, 0.3) is 82.1 Å². The van der Waals surface area contributed by atoms with Crippen molar-refractivity contribution >= 4 is 82.4 Å². The molecule has 2 aromatic heterocycles. The van der Waals surface area contributed by atoms with Crippen molar-refractivity contribution in [3.05, 3.63) is 253 Å². The van der Waals surface area contributed by atoms with E-state index < -0.39 is 5.41 Å². The molecule has 0 amide bonds. The van der Waals surface area contributed by atoms with Crippen LogP contribution in [0.1, 0.15) is 22.3 Å². The Labute approximate surface area is 385 Å². The van der Waals surface area contributed by atoms with Gasteiger partial charge in [0.05, 0.1) is 22.1 Å². The van der Waals surface area contributed by atoms with E-state index in [0.29, 0.717) is 0 Å². The van der Waals surface area contributed by atoms with Gasteiger partial charge in [0.25, 0.3) is 0 Å². The summed E-state index contributed by atoms with van der Waals surface area (Å²) < 4.78 is 15.7. The van der Waals surface area contributed by atoms with Crippen LogP contribution in [0.2, 0.25) is 0 Å². The largest absolute Gasteiger partial charge is 0.457 e. The summed E-state index contributed by atoms with van der Waals surface area (Å²) in [5, 5.41) is 9.48. The van der Waals surface area contributed by atoms with Gasteiger partial charge in [0, 0.05) is 61.2 Å². The van der Waals surface area contributed by atoms with Gasteiger partial charge in [-0.2, -0.15) is 0 Å². The molecule has 1 aliphatic heterocycles. The number of benzene rings is 11. The third-order valence-corrected chi connectivity index (χ3v) is 14.6. The number of rotatable bonds is 4. The van der Waals surface area contributed by atoms with Crippen molar-refractivity contribution in [1.82, 2.24) is 4.57 Å². The molecule has 1 aliphatic carbocycles. The van der Waals surface area contributed by atoms with Gasteiger partial charge < -0.3 is 18.6 Å². The van der Waals surface area contributed by atoms with Gasteiger partial charge >= 0.3 is 0 Å². The Bertz CT molecular complexity index is 4170. The molecular formula is C63H38N2O2. The maximum atomic E-state index is 6.80. The predicted octanol–water partition coefficient (Wildman–Crippen LogP) is 16.9. The lowest BCUT2D eigenvalue weighted by Gasteiger charge is -2.45. The zero-order valence-corrected chi connectivity index (χ0v) is 36.2. The van der Waals surface area contributed by atoms with Crippen molar-refractivity contribution in [3.63, 3.8) is 0 Å². The molecule has 67 heavy (non-hydrogen) atoms. The Morgan fingerprint density at radius 2 is 0.985 bits per heavy atom. The van der Waals surface area contributed by atoms with E-state index in [1.807, 2.05) is 12.1 Å². The monoisotopic (exact) mass is 854 g/mol. The lowest BCUT2D eigenvalue weighted by molar-refractivity contribution is 0.435. The molecule has 0 bridgehead atoms. The number of ether oxygens (including phenoxy) is 1. The van der Waals surface area contributed by atoms with Crippen LogP contribution in [0, 0.1) is 0 Å². The van der Waals surface area contributed by atoms with Gasteiger partial charge in [0.15, 0.2) is 0 Å². The molecule has 2 aliphatic rings. The lowest BCUT2D eigenvalue weighted by atomic mass is 9.58. The summed E-state index contributed by atoms with van der Waals surface area (Å²) in [5.74, 6) is 1.75. The highest BCUT2D eigenvalue weighted by atomic mass is 16.5. The average Bonchev–Trinajstić information content (AvgIpc) is 3.93. The van der Waals surface area contributed by atoms with Crippen LogP contribution in [-0.2, 0) is 5.41 Å². The molecule has 15 rings (SSSR count). The zero-order valence-electron chi connectivity index (χ0n) is 36.2. The standard InChI is InChI=1S/C63H38N2O2/c1-2-18-44-39(14-1)15-13-26-55(44)64(42-31-34-47-46-19-3-7-25-56(46)65(57(47)37-42)43-32-35-49-48-20-4-8-27-58(48)66-61(49)38-43)41-30-33-45-50-21-11-16-40-17-12-24-53(62(40)50)63(54(45)36-41)51-22-5-9-28-59(51)67-60-29-10-6-23-52(60)63/h1-38H. The van der Waals surface area contributed by atoms with Crippen molar-refractivity contribution in [2.75, 3.05) is 4.90 Å². The van der Waals surface area contributed by atoms with Crippen LogP contribution in [0.4, 0.5) is 17.1 Å². The molecule has 0 unspecified atom stereocenters. The van der Waals surface area contributed by atoms with E-state index in [9.17, 15) is 0 Å². The SMILES string of the molecule is c1ccc2c(c1)Oc1ccccc1C21c2cc(N(c3ccc4c5ccccc5n(-c5ccc6c(c5)oc5ccccc56)c4c3)c3cccc4ccccc34)ccc2-c2cccc3cccc1c23. The van der Waals surface area contributed by atoms with Crippen LogP contribution in [0.5, 0.6) is 11.5 Å². The molecule has 0 atom stereocenters. The third kappa shape index (κ3) is 4.96. The number of fused-ring (bicyclic) bond motifs is 15. The van der Waals surface area contributed by atoms with Crippen molar-refractivity contribution in [1.29, 1.82) is 0 Å². The Hall–Kier alpha value is -8.86. The maximum absolute atomic E-state index is 6.80. The van der Waals surface area contributed by atoms with Gasteiger partial charge in [-0.3, -0.25) is 0 Å². The Morgan fingerprint density at radius 3 is 1.85 bits per heavy atom. The zero-order chi connectivity index (χ0) is 43.8. The van der Waals surface area contributed by atoms with E-state index in [1.54, 1.807) is 0 Å². The molecule has 1 spiro atoms. The molecule has 4 nitrogen and oxygen atoms in total. The Balaban J connectivity index is 1.03. The fourth-order valence-corrected chi connectivity index (χ4v) is 11.9. The fourth-order valence-electron chi connectivity index (χ4n) is 11.9. The van der Waals surface area contributed by atoms with E-state index in [4.69, 9.17) is 9.15 Å². The highest BCUT2D eigenvalue weighted by molar-refractivity contribution is 6.12. The minimum Gasteiger partial charge on any atom is -0.457 e. The quantitative estimate of drug-likeness (QED) is 0.177. The second-order valence-corrected chi connectivity index (χ2v) is 17.9. The normalized spacial score (nSPS) is 13.3. The Kier molecular flexibility index (Phi) is 7.40. The molecule has 13 aromatic rings. The first-order chi connectivity index (χ1) is 33.2. The lowest BCUT2D eigenvalue weighted by Crippen LogP contribution is -2.36. The summed E-state index contributed by atoms with van der Waals surface area (Å²) in [6, 6.07) is 84.0. The summed E-state index contributed by atoms with van der Waals surface area (Å²) in [5.41, 5.74) is 14.8. The number of furan rings is 1. The first-order valence-corrected chi connectivity index (χ1v) is 23.0. The molecule has 11 aromatic carbocycles. The van der Waals surface area contributed by atoms with Crippen LogP contribution in [0.3, 0.4) is 0 Å². The predicted molar refractivity (Wildman–Crippen MR) is 275 cm³/mol. The van der Waals surface area contributed by atoms with E-state index in [1.165, 1.54) is 54.6 Å². The number of aromatic nitrogens is 1. The second kappa shape index (κ2) is 13.6. The van der Waals surface area contributed by atoms with Gasteiger partial charge in [0.1, 0.15) is 22.7 Å². The highest BCUT2D eigenvalue weighted by Crippen LogP contribution is 2.62. The smallest absolute Gasteiger partial charge is 0.137 e. The van der Waals surface area contributed by atoms with Gasteiger partial charge in [-0.15, -0.1) is 0 Å². The molecule has 0 saturated carbocycles. The second-order valence-electron chi connectivity index (χ2n) is 17.9. The molecule has 0 radical (unpaired) electrons. The van der Waals surface area contributed by atoms with E-state index in [0.717, 1.165) is 78.3 Å². The number of hydrogen-bond donors (Lipinski definition) is 0. The van der Waals surface area contributed by atoms with E-state index >= 15 is 0 Å². The van der Waals surface area contributed by atoms with Crippen molar-refractivity contribution in [2.45, 2.75) is 5.41 Å². The van der Waals surface area contributed by atoms with E-state index in [2.05, 4.69) is 228 Å². The highest BCUT2D eigenvalue weighted by Gasteiger charge is 2.49. The number of hydrogen-bond acceptors (Lipinski definition) is 3. The summed E-state index contributed by atoms with van der Waals surface area (Å²) >= 11 is 0. The Morgan fingerprint density at radius 1 is 0.373 bits per heavy atom. The number of para-hydroxylation sites is 4. The van der Waals surface area contributed by atoms with Crippen molar-refractivity contribution < 1.29 is 9.15 Å². The molecule has 3 heterocycles. The summed E-state index contributed by atoms with van der Waals surface area (Å²) in [6.07, 6.45) is 0. The third-order valence-electron chi connectivity index (χ3n) is 14.6. The van der Waals surface area contributed by atoms with E-state index in [-0.39, 0.29) is 0 Å². The molecule has 0 saturated heterocycles.